The van der Waals surface area contributed by atoms with Gasteiger partial charge in [0.15, 0.2) is 0 Å². The van der Waals surface area contributed by atoms with Gasteiger partial charge in [-0.15, -0.1) is 0 Å². The normalized spacial score (nSPS) is 18.9. The summed E-state index contributed by atoms with van der Waals surface area (Å²) in [6.07, 6.45) is 2.76. The van der Waals surface area contributed by atoms with Gasteiger partial charge in [0.25, 0.3) is 0 Å². The molecule has 0 bridgehead atoms. The molecule has 1 aromatic rings. The SMILES string of the molecule is IN1CCc2nocc2C1. The van der Waals surface area contributed by atoms with Gasteiger partial charge in [-0.05, 0) is 0 Å². The van der Waals surface area contributed by atoms with E-state index in [0.29, 0.717) is 0 Å². The summed E-state index contributed by atoms with van der Waals surface area (Å²) >= 11 is 2.32. The lowest BCUT2D eigenvalue weighted by molar-refractivity contribution is 0.410. The molecule has 3 nitrogen and oxygen atoms in total. The van der Waals surface area contributed by atoms with Gasteiger partial charge in [0.2, 0.25) is 0 Å². The summed E-state index contributed by atoms with van der Waals surface area (Å²) in [4.78, 5) is 0. The largest absolute Gasteiger partial charge is 0.364 e. The minimum absolute atomic E-state index is 0.972. The predicted octanol–water partition coefficient (Wildman–Crippen LogP) is 1.38. The zero-order valence-corrected chi connectivity index (χ0v) is 7.54. The summed E-state index contributed by atoms with van der Waals surface area (Å²) in [5.41, 5.74) is 2.37. The smallest absolute Gasteiger partial charge is 0.128 e. The van der Waals surface area contributed by atoms with Crippen molar-refractivity contribution < 1.29 is 4.52 Å². The lowest BCUT2D eigenvalue weighted by Gasteiger charge is -2.17. The molecule has 2 heterocycles. The van der Waals surface area contributed by atoms with E-state index < -0.39 is 0 Å². The first-order valence-corrected chi connectivity index (χ1v) is 4.15. The molecule has 0 spiro atoms. The Hall–Kier alpha value is -0.100. The van der Waals surface area contributed by atoms with Crippen molar-refractivity contribution in [2.45, 2.75) is 13.0 Å². The van der Waals surface area contributed by atoms with Crippen molar-refractivity contribution in [2.75, 3.05) is 6.54 Å². The Morgan fingerprint density at radius 1 is 1.70 bits per heavy atom. The summed E-state index contributed by atoms with van der Waals surface area (Å²) < 4.78 is 7.07. The van der Waals surface area contributed by atoms with Gasteiger partial charge in [0, 0.05) is 47.9 Å². The lowest BCUT2D eigenvalue weighted by atomic mass is 10.1. The highest BCUT2D eigenvalue weighted by Crippen LogP contribution is 2.19. The Kier molecular flexibility index (Phi) is 1.65. The quantitative estimate of drug-likeness (QED) is 0.514. The fourth-order valence-corrected chi connectivity index (χ4v) is 1.71. The molecule has 0 saturated carbocycles. The zero-order valence-electron chi connectivity index (χ0n) is 5.38. The van der Waals surface area contributed by atoms with Crippen LogP contribution in [0.3, 0.4) is 0 Å². The zero-order chi connectivity index (χ0) is 6.97. The van der Waals surface area contributed by atoms with Gasteiger partial charge < -0.3 is 4.52 Å². The van der Waals surface area contributed by atoms with E-state index in [1.54, 1.807) is 6.26 Å². The van der Waals surface area contributed by atoms with Crippen LogP contribution >= 0.6 is 22.9 Å². The van der Waals surface area contributed by atoms with Crippen molar-refractivity contribution in [2.24, 2.45) is 0 Å². The topological polar surface area (TPSA) is 29.3 Å². The molecule has 0 radical (unpaired) electrons. The van der Waals surface area contributed by atoms with Gasteiger partial charge in [0.05, 0.1) is 5.69 Å². The summed E-state index contributed by atoms with van der Waals surface area (Å²) in [7, 11) is 0. The summed E-state index contributed by atoms with van der Waals surface area (Å²) in [6.45, 7) is 2.06. The van der Waals surface area contributed by atoms with Crippen LogP contribution in [0.15, 0.2) is 10.8 Å². The summed E-state index contributed by atoms with van der Waals surface area (Å²) in [6, 6.07) is 0. The maximum Gasteiger partial charge on any atom is 0.128 e. The number of hydrogen-bond acceptors (Lipinski definition) is 3. The molecule has 0 amide bonds. The molecular weight excluding hydrogens is 243 g/mol. The van der Waals surface area contributed by atoms with Crippen molar-refractivity contribution >= 4 is 22.9 Å². The van der Waals surface area contributed by atoms with Crippen molar-refractivity contribution in [1.29, 1.82) is 0 Å². The highest BCUT2D eigenvalue weighted by atomic mass is 127. The average Bonchev–Trinajstić information content (AvgIpc) is 2.33. The van der Waals surface area contributed by atoms with Gasteiger partial charge in [-0.25, -0.2) is 3.11 Å². The molecule has 2 rings (SSSR count). The molecule has 4 heteroatoms. The van der Waals surface area contributed by atoms with Crippen LogP contribution in [0, 0.1) is 0 Å². The molecule has 1 aliphatic heterocycles. The van der Waals surface area contributed by atoms with E-state index in [1.165, 1.54) is 5.56 Å². The van der Waals surface area contributed by atoms with Crippen molar-refractivity contribution in [3.05, 3.63) is 17.5 Å². The number of nitrogens with zero attached hydrogens (tertiary/aromatic N) is 2. The maximum absolute atomic E-state index is 4.84. The molecule has 0 atom stereocenters. The third-order valence-electron chi connectivity index (χ3n) is 1.66. The van der Waals surface area contributed by atoms with E-state index in [4.69, 9.17) is 4.52 Å². The number of fused-ring (bicyclic) bond motifs is 1. The summed E-state index contributed by atoms with van der Waals surface area (Å²) in [5.74, 6) is 0. The van der Waals surface area contributed by atoms with Crippen LogP contribution in [0.4, 0.5) is 0 Å². The monoisotopic (exact) mass is 250 g/mol. The molecular formula is C6H7IN2O. The van der Waals surface area contributed by atoms with E-state index in [2.05, 4.69) is 31.1 Å². The van der Waals surface area contributed by atoms with E-state index in [-0.39, 0.29) is 0 Å². The van der Waals surface area contributed by atoms with Gasteiger partial charge in [-0.3, -0.25) is 0 Å². The number of rotatable bonds is 0. The summed E-state index contributed by atoms with van der Waals surface area (Å²) in [5, 5.41) is 3.89. The molecule has 0 saturated heterocycles. The highest BCUT2D eigenvalue weighted by Gasteiger charge is 2.16. The van der Waals surface area contributed by atoms with Crippen molar-refractivity contribution in [3.63, 3.8) is 0 Å². The number of aromatic nitrogens is 1. The van der Waals surface area contributed by atoms with Gasteiger partial charge in [-0.1, -0.05) is 5.16 Å². The van der Waals surface area contributed by atoms with Crippen LogP contribution in [0.1, 0.15) is 11.3 Å². The standard InChI is InChI=1S/C6H7IN2O/c7-9-2-1-6-5(3-9)4-10-8-6/h4H,1-3H2. The van der Waals surface area contributed by atoms with E-state index >= 15 is 0 Å². The Morgan fingerprint density at radius 3 is 3.50 bits per heavy atom. The first-order valence-electron chi connectivity index (χ1n) is 3.19. The Balaban J connectivity index is 2.30. The highest BCUT2D eigenvalue weighted by molar-refractivity contribution is 14.1. The molecule has 0 N–H and O–H groups in total. The first kappa shape index (κ1) is 6.60. The average molecular weight is 250 g/mol. The predicted molar refractivity (Wildman–Crippen MR) is 44.6 cm³/mol. The van der Waals surface area contributed by atoms with E-state index in [1.807, 2.05) is 0 Å². The second-order valence-electron chi connectivity index (χ2n) is 2.38. The van der Waals surface area contributed by atoms with Crippen LogP contribution in [-0.4, -0.2) is 14.8 Å². The van der Waals surface area contributed by atoms with Gasteiger partial charge >= 0.3 is 0 Å². The van der Waals surface area contributed by atoms with Crippen LogP contribution in [0.2, 0.25) is 0 Å². The van der Waals surface area contributed by atoms with Gasteiger partial charge in [0.1, 0.15) is 6.26 Å². The third-order valence-corrected chi connectivity index (χ3v) is 2.49. The fraction of sp³-hybridized carbons (Fsp3) is 0.500. The molecule has 1 aromatic heterocycles. The number of hydrogen-bond donors (Lipinski definition) is 0. The minimum atomic E-state index is 0.972. The number of halogens is 1. The molecule has 0 aliphatic carbocycles. The van der Waals surface area contributed by atoms with Crippen molar-refractivity contribution in [1.82, 2.24) is 8.27 Å². The Morgan fingerprint density at radius 2 is 2.60 bits per heavy atom. The van der Waals surface area contributed by atoms with Crippen molar-refractivity contribution in [3.8, 4) is 0 Å². The maximum atomic E-state index is 4.84. The molecule has 54 valence electrons. The Bertz CT molecular complexity index is 235. The van der Waals surface area contributed by atoms with Gasteiger partial charge in [-0.2, -0.15) is 0 Å². The third kappa shape index (κ3) is 1.05. The molecule has 1 aliphatic rings. The van der Waals surface area contributed by atoms with Crippen LogP contribution in [-0.2, 0) is 13.0 Å². The molecule has 10 heavy (non-hydrogen) atoms. The molecule has 0 unspecified atom stereocenters. The first-order chi connectivity index (χ1) is 4.86. The lowest BCUT2D eigenvalue weighted by Crippen LogP contribution is -2.20. The van der Waals surface area contributed by atoms with E-state index in [0.717, 1.165) is 25.2 Å². The second-order valence-corrected chi connectivity index (χ2v) is 3.75. The molecule has 0 aromatic carbocycles. The minimum Gasteiger partial charge on any atom is -0.364 e. The fourth-order valence-electron chi connectivity index (χ4n) is 1.11. The van der Waals surface area contributed by atoms with E-state index in [9.17, 15) is 0 Å². The van der Waals surface area contributed by atoms with Crippen LogP contribution in [0.5, 0.6) is 0 Å². The second kappa shape index (κ2) is 2.50. The van der Waals surface area contributed by atoms with Crippen LogP contribution in [0.25, 0.3) is 0 Å². The molecule has 0 fully saturated rings. The Labute approximate surface area is 72.9 Å². The van der Waals surface area contributed by atoms with Crippen LogP contribution < -0.4 is 0 Å².